The zero-order valence-electron chi connectivity index (χ0n) is 13.3. The van der Waals surface area contributed by atoms with Crippen LogP contribution < -0.4 is 19.6 Å². The molecular weight excluding hydrogens is 376 g/mol. The predicted octanol–water partition coefficient (Wildman–Crippen LogP) is 3.00. The quantitative estimate of drug-likeness (QED) is 0.580. The molecule has 0 saturated carbocycles. The second-order valence-corrected chi connectivity index (χ2v) is 5.51. The third kappa shape index (κ3) is 5.27. The van der Waals surface area contributed by atoms with Crippen molar-refractivity contribution in [3.8, 4) is 17.2 Å². The Labute approximate surface area is 148 Å². The Bertz CT molecular complexity index is 734. The van der Waals surface area contributed by atoms with Crippen LogP contribution in [0, 0.1) is 0 Å². The molecule has 1 N–H and O–H groups in total. The molecule has 0 aromatic heterocycles. The van der Waals surface area contributed by atoms with Crippen LogP contribution in [-0.4, -0.2) is 32.9 Å². The molecule has 0 bridgehead atoms. The summed E-state index contributed by atoms with van der Waals surface area (Å²) in [6, 6.07) is 12.5. The number of rotatable bonds is 7. The summed E-state index contributed by atoms with van der Waals surface area (Å²) in [5, 5.41) is 3.89. The third-order valence-corrected chi connectivity index (χ3v) is 3.61. The van der Waals surface area contributed by atoms with Gasteiger partial charge in [0.1, 0.15) is 17.2 Å². The van der Waals surface area contributed by atoms with E-state index in [9.17, 15) is 4.79 Å². The molecule has 126 valence electrons. The first-order chi connectivity index (χ1) is 11.6. The molecular formula is C17H17BrN2O4. The zero-order valence-corrected chi connectivity index (χ0v) is 14.9. The van der Waals surface area contributed by atoms with E-state index in [0.29, 0.717) is 11.5 Å². The van der Waals surface area contributed by atoms with E-state index in [0.717, 1.165) is 15.8 Å². The van der Waals surface area contributed by atoms with Crippen molar-refractivity contribution in [3.63, 3.8) is 0 Å². The van der Waals surface area contributed by atoms with Crippen LogP contribution in [0.2, 0.25) is 0 Å². The SMILES string of the molecule is COc1cccc(OCC(=O)N/N=C/c2ccc(OC)c(Br)c2)c1. The predicted molar refractivity (Wildman–Crippen MR) is 94.9 cm³/mol. The normalized spacial score (nSPS) is 10.5. The second-order valence-electron chi connectivity index (χ2n) is 4.65. The molecule has 1 amide bonds. The number of nitrogens with zero attached hydrogens (tertiary/aromatic N) is 1. The maximum atomic E-state index is 11.7. The van der Waals surface area contributed by atoms with Crippen molar-refractivity contribution >= 4 is 28.1 Å². The summed E-state index contributed by atoms with van der Waals surface area (Å²) in [6.45, 7) is -0.142. The van der Waals surface area contributed by atoms with E-state index in [-0.39, 0.29) is 12.5 Å². The summed E-state index contributed by atoms with van der Waals surface area (Å²) in [5.74, 6) is 1.58. The molecule has 0 atom stereocenters. The van der Waals surface area contributed by atoms with E-state index >= 15 is 0 Å². The van der Waals surface area contributed by atoms with E-state index < -0.39 is 0 Å². The van der Waals surface area contributed by atoms with Crippen molar-refractivity contribution in [1.82, 2.24) is 5.43 Å². The number of ether oxygens (including phenoxy) is 3. The van der Waals surface area contributed by atoms with Gasteiger partial charge in [-0.15, -0.1) is 0 Å². The lowest BCUT2D eigenvalue weighted by Crippen LogP contribution is -2.24. The highest BCUT2D eigenvalue weighted by atomic mass is 79.9. The van der Waals surface area contributed by atoms with Crippen LogP contribution in [0.25, 0.3) is 0 Å². The Balaban J connectivity index is 1.83. The summed E-state index contributed by atoms with van der Waals surface area (Å²) in [7, 11) is 3.16. The molecule has 6 nitrogen and oxygen atoms in total. The monoisotopic (exact) mass is 392 g/mol. The fourth-order valence-electron chi connectivity index (χ4n) is 1.81. The molecule has 0 aliphatic carbocycles. The van der Waals surface area contributed by atoms with E-state index in [2.05, 4.69) is 26.5 Å². The highest BCUT2D eigenvalue weighted by Gasteiger charge is 2.03. The second kappa shape index (κ2) is 8.93. The van der Waals surface area contributed by atoms with Crippen LogP contribution in [0.3, 0.4) is 0 Å². The lowest BCUT2D eigenvalue weighted by Gasteiger charge is -2.06. The van der Waals surface area contributed by atoms with Gasteiger partial charge in [-0.1, -0.05) is 6.07 Å². The number of carbonyl (C=O) groups is 1. The van der Waals surface area contributed by atoms with Crippen molar-refractivity contribution in [2.24, 2.45) is 5.10 Å². The molecule has 0 heterocycles. The van der Waals surface area contributed by atoms with E-state index in [1.807, 2.05) is 12.1 Å². The van der Waals surface area contributed by atoms with Gasteiger partial charge in [0.25, 0.3) is 5.91 Å². The summed E-state index contributed by atoms with van der Waals surface area (Å²) in [5.41, 5.74) is 3.22. The molecule has 0 aliphatic rings. The Morgan fingerprint density at radius 2 is 1.96 bits per heavy atom. The third-order valence-electron chi connectivity index (χ3n) is 2.99. The maximum absolute atomic E-state index is 11.7. The van der Waals surface area contributed by atoms with E-state index in [1.165, 1.54) is 6.21 Å². The van der Waals surface area contributed by atoms with Crippen LogP contribution in [0.5, 0.6) is 17.2 Å². The number of nitrogens with one attached hydrogen (secondary N) is 1. The van der Waals surface area contributed by atoms with Gasteiger partial charge in [-0.25, -0.2) is 5.43 Å². The molecule has 0 saturated heterocycles. The first-order valence-corrected chi connectivity index (χ1v) is 7.84. The van der Waals surface area contributed by atoms with Gasteiger partial charge in [0.15, 0.2) is 6.61 Å². The average molecular weight is 393 g/mol. The molecule has 7 heteroatoms. The van der Waals surface area contributed by atoms with Gasteiger partial charge >= 0.3 is 0 Å². The van der Waals surface area contributed by atoms with Crippen LogP contribution in [-0.2, 0) is 4.79 Å². The molecule has 0 aliphatic heterocycles. The molecule has 0 spiro atoms. The van der Waals surface area contributed by atoms with E-state index in [1.54, 1.807) is 44.6 Å². The summed E-state index contributed by atoms with van der Waals surface area (Å²) in [4.78, 5) is 11.7. The summed E-state index contributed by atoms with van der Waals surface area (Å²) >= 11 is 3.39. The number of hydrogen-bond acceptors (Lipinski definition) is 5. The van der Waals surface area contributed by atoms with Gasteiger partial charge in [0.2, 0.25) is 0 Å². The Kier molecular flexibility index (Phi) is 6.62. The minimum atomic E-state index is -0.360. The van der Waals surface area contributed by atoms with Gasteiger partial charge in [-0.05, 0) is 51.8 Å². The molecule has 2 aromatic carbocycles. The molecule has 2 rings (SSSR count). The van der Waals surface area contributed by atoms with Gasteiger partial charge in [0, 0.05) is 6.07 Å². The number of hydrogen-bond donors (Lipinski definition) is 1. The minimum Gasteiger partial charge on any atom is -0.497 e. The van der Waals surface area contributed by atoms with Gasteiger partial charge < -0.3 is 14.2 Å². The fourth-order valence-corrected chi connectivity index (χ4v) is 2.37. The number of methoxy groups -OCH3 is 2. The molecule has 2 aromatic rings. The number of hydrazone groups is 1. The van der Waals surface area contributed by atoms with Crippen LogP contribution in [0.15, 0.2) is 52.0 Å². The average Bonchev–Trinajstić information content (AvgIpc) is 2.60. The van der Waals surface area contributed by atoms with Crippen molar-refractivity contribution < 1.29 is 19.0 Å². The summed E-state index contributed by atoms with van der Waals surface area (Å²) in [6.07, 6.45) is 1.54. The van der Waals surface area contributed by atoms with Gasteiger partial charge in [-0.3, -0.25) is 4.79 Å². The molecule has 24 heavy (non-hydrogen) atoms. The molecule has 0 radical (unpaired) electrons. The maximum Gasteiger partial charge on any atom is 0.277 e. The zero-order chi connectivity index (χ0) is 17.4. The lowest BCUT2D eigenvalue weighted by atomic mass is 10.2. The topological polar surface area (TPSA) is 69.2 Å². The molecule has 0 unspecified atom stereocenters. The van der Waals surface area contributed by atoms with Crippen LogP contribution >= 0.6 is 15.9 Å². The van der Waals surface area contributed by atoms with E-state index in [4.69, 9.17) is 14.2 Å². The standard InChI is InChI=1S/C17H17BrN2O4/c1-22-13-4-3-5-14(9-13)24-11-17(21)20-19-10-12-6-7-16(23-2)15(18)8-12/h3-10H,11H2,1-2H3,(H,20,21)/b19-10+. The van der Waals surface area contributed by atoms with Crippen molar-refractivity contribution in [2.75, 3.05) is 20.8 Å². The first-order valence-electron chi connectivity index (χ1n) is 7.04. The van der Waals surface area contributed by atoms with Gasteiger partial charge in [-0.2, -0.15) is 5.10 Å². The summed E-state index contributed by atoms with van der Waals surface area (Å²) < 4.78 is 16.4. The van der Waals surface area contributed by atoms with Crippen molar-refractivity contribution in [2.45, 2.75) is 0 Å². The van der Waals surface area contributed by atoms with Crippen molar-refractivity contribution in [3.05, 3.63) is 52.5 Å². The van der Waals surface area contributed by atoms with Gasteiger partial charge in [0.05, 0.1) is 24.9 Å². The van der Waals surface area contributed by atoms with Crippen LogP contribution in [0.1, 0.15) is 5.56 Å². The number of halogens is 1. The largest absolute Gasteiger partial charge is 0.497 e. The number of amides is 1. The van der Waals surface area contributed by atoms with Crippen molar-refractivity contribution in [1.29, 1.82) is 0 Å². The first kappa shape index (κ1) is 17.8. The highest BCUT2D eigenvalue weighted by molar-refractivity contribution is 9.10. The number of benzene rings is 2. The molecule has 0 fully saturated rings. The minimum absolute atomic E-state index is 0.142. The Morgan fingerprint density at radius 1 is 1.17 bits per heavy atom. The Morgan fingerprint density at radius 3 is 2.67 bits per heavy atom. The van der Waals surface area contributed by atoms with Crippen LogP contribution in [0.4, 0.5) is 0 Å². The fraction of sp³-hybridized carbons (Fsp3) is 0.176. The highest BCUT2D eigenvalue weighted by Crippen LogP contribution is 2.24. The smallest absolute Gasteiger partial charge is 0.277 e. The number of carbonyl (C=O) groups excluding carboxylic acids is 1. The lowest BCUT2D eigenvalue weighted by molar-refractivity contribution is -0.123. The Hall–Kier alpha value is -2.54.